The van der Waals surface area contributed by atoms with Crippen LogP contribution in [0.15, 0.2) is 48.5 Å². The molecule has 19 heavy (non-hydrogen) atoms. The predicted molar refractivity (Wildman–Crippen MR) is 71.4 cm³/mol. The standard InChI is InChI=1S/C16H15FO2/c1-11-7-9-12(10-8-11)15(16(18)19-2)13-5-3-4-6-14(13)17/h3-10,15H,1-2H3. The summed E-state index contributed by atoms with van der Waals surface area (Å²) >= 11 is 0. The lowest BCUT2D eigenvalue weighted by Gasteiger charge is -2.16. The van der Waals surface area contributed by atoms with Crippen LogP contribution in [0.25, 0.3) is 0 Å². The lowest BCUT2D eigenvalue weighted by Crippen LogP contribution is -2.17. The van der Waals surface area contributed by atoms with E-state index < -0.39 is 17.7 Å². The largest absolute Gasteiger partial charge is 0.468 e. The van der Waals surface area contributed by atoms with E-state index in [0.717, 1.165) is 11.1 Å². The Balaban J connectivity index is 2.51. The molecule has 1 unspecified atom stereocenters. The van der Waals surface area contributed by atoms with E-state index in [2.05, 4.69) is 0 Å². The van der Waals surface area contributed by atoms with Gasteiger partial charge in [0.1, 0.15) is 11.7 Å². The van der Waals surface area contributed by atoms with Gasteiger partial charge in [0.05, 0.1) is 7.11 Å². The summed E-state index contributed by atoms with van der Waals surface area (Å²) in [6, 6.07) is 13.7. The van der Waals surface area contributed by atoms with Crippen LogP contribution in [0.1, 0.15) is 22.6 Å². The third-order valence-corrected chi connectivity index (χ3v) is 3.06. The smallest absolute Gasteiger partial charge is 0.317 e. The average molecular weight is 258 g/mol. The molecule has 0 heterocycles. The number of hydrogen-bond donors (Lipinski definition) is 0. The van der Waals surface area contributed by atoms with Gasteiger partial charge in [-0.25, -0.2) is 4.39 Å². The minimum Gasteiger partial charge on any atom is -0.468 e. The first-order valence-electron chi connectivity index (χ1n) is 6.02. The molecule has 0 amide bonds. The topological polar surface area (TPSA) is 26.3 Å². The van der Waals surface area contributed by atoms with Gasteiger partial charge in [0.25, 0.3) is 0 Å². The molecule has 2 rings (SSSR count). The van der Waals surface area contributed by atoms with Crippen molar-refractivity contribution in [2.75, 3.05) is 7.11 Å². The normalized spacial score (nSPS) is 11.9. The van der Waals surface area contributed by atoms with E-state index in [0.29, 0.717) is 5.56 Å². The number of hydrogen-bond acceptors (Lipinski definition) is 2. The Labute approximate surface area is 111 Å². The second-order valence-electron chi connectivity index (χ2n) is 4.39. The number of esters is 1. The minimum atomic E-state index is -0.730. The molecule has 0 saturated heterocycles. The highest BCUT2D eigenvalue weighted by molar-refractivity contribution is 5.82. The van der Waals surface area contributed by atoms with Crippen molar-refractivity contribution in [2.45, 2.75) is 12.8 Å². The summed E-state index contributed by atoms with van der Waals surface area (Å²) in [6.07, 6.45) is 0. The highest BCUT2D eigenvalue weighted by Gasteiger charge is 2.25. The Bertz CT molecular complexity index is 576. The van der Waals surface area contributed by atoms with Crippen molar-refractivity contribution in [3.8, 4) is 0 Å². The molecule has 2 aromatic carbocycles. The number of carbonyl (C=O) groups excluding carboxylic acids is 1. The first-order valence-corrected chi connectivity index (χ1v) is 6.02. The zero-order valence-corrected chi connectivity index (χ0v) is 10.9. The number of benzene rings is 2. The number of aryl methyl sites for hydroxylation is 1. The van der Waals surface area contributed by atoms with E-state index in [1.807, 2.05) is 31.2 Å². The van der Waals surface area contributed by atoms with E-state index in [1.54, 1.807) is 18.2 Å². The zero-order valence-electron chi connectivity index (χ0n) is 10.9. The first kappa shape index (κ1) is 13.3. The number of ether oxygens (including phenoxy) is 1. The molecule has 3 heteroatoms. The van der Waals surface area contributed by atoms with Crippen LogP contribution >= 0.6 is 0 Å². The van der Waals surface area contributed by atoms with E-state index in [4.69, 9.17) is 4.74 Å². The number of halogens is 1. The maximum atomic E-state index is 13.9. The quantitative estimate of drug-likeness (QED) is 0.788. The van der Waals surface area contributed by atoms with Crippen molar-refractivity contribution < 1.29 is 13.9 Å². The molecule has 0 spiro atoms. The molecule has 0 N–H and O–H groups in total. The summed E-state index contributed by atoms with van der Waals surface area (Å²) in [7, 11) is 1.31. The lowest BCUT2D eigenvalue weighted by molar-refractivity contribution is -0.141. The molecule has 2 nitrogen and oxygen atoms in total. The maximum Gasteiger partial charge on any atom is 0.317 e. The summed E-state index contributed by atoms with van der Waals surface area (Å²) in [6.45, 7) is 1.96. The van der Waals surface area contributed by atoms with Gasteiger partial charge in [0.15, 0.2) is 0 Å². The summed E-state index contributed by atoms with van der Waals surface area (Å²) in [4.78, 5) is 12.0. The Morgan fingerprint density at radius 3 is 2.32 bits per heavy atom. The van der Waals surface area contributed by atoms with Crippen LogP contribution in [0, 0.1) is 12.7 Å². The highest BCUT2D eigenvalue weighted by Crippen LogP contribution is 2.28. The monoisotopic (exact) mass is 258 g/mol. The second-order valence-corrected chi connectivity index (χ2v) is 4.39. The summed E-state index contributed by atoms with van der Waals surface area (Å²) < 4.78 is 18.7. The Morgan fingerprint density at radius 2 is 1.74 bits per heavy atom. The molecule has 0 fully saturated rings. The highest BCUT2D eigenvalue weighted by atomic mass is 19.1. The van der Waals surface area contributed by atoms with Gasteiger partial charge >= 0.3 is 5.97 Å². The fourth-order valence-corrected chi connectivity index (χ4v) is 2.03. The third kappa shape index (κ3) is 2.81. The van der Waals surface area contributed by atoms with Gasteiger partial charge < -0.3 is 4.74 Å². The Morgan fingerprint density at radius 1 is 1.11 bits per heavy atom. The summed E-state index contributed by atoms with van der Waals surface area (Å²) in [5.74, 6) is -1.60. The van der Waals surface area contributed by atoms with Crippen LogP contribution in [-0.4, -0.2) is 13.1 Å². The van der Waals surface area contributed by atoms with Crippen LogP contribution in [0.3, 0.4) is 0 Å². The molecule has 1 atom stereocenters. The lowest BCUT2D eigenvalue weighted by atomic mass is 9.90. The van der Waals surface area contributed by atoms with Gasteiger partial charge in [-0.15, -0.1) is 0 Å². The van der Waals surface area contributed by atoms with Crippen LogP contribution in [-0.2, 0) is 9.53 Å². The molecule has 2 aromatic rings. The van der Waals surface area contributed by atoms with E-state index >= 15 is 0 Å². The zero-order chi connectivity index (χ0) is 13.8. The van der Waals surface area contributed by atoms with E-state index in [1.165, 1.54) is 13.2 Å². The van der Waals surface area contributed by atoms with E-state index in [9.17, 15) is 9.18 Å². The number of methoxy groups -OCH3 is 1. The average Bonchev–Trinajstić information content (AvgIpc) is 2.43. The Kier molecular flexibility index (Phi) is 3.95. The molecular formula is C16H15FO2. The fraction of sp³-hybridized carbons (Fsp3) is 0.188. The molecular weight excluding hydrogens is 243 g/mol. The van der Waals surface area contributed by atoms with Crippen molar-refractivity contribution in [1.29, 1.82) is 0 Å². The molecule has 0 aliphatic carbocycles. The van der Waals surface area contributed by atoms with E-state index in [-0.39, 0.29) is 0 Å². The molecule has 0 aliphatic heterocycles. The number of rotatable bonds is 3. The SMILES string of the molecule is COC(=O)C(c1ccc(C)cc1)c1ccccc1F. The van der Waals surface area contributed by atoms with Crippen LogP contribution in [0.4, 0.5) is 4.39 Å². The molecule has 0 aliphatic rings. The van der Waals surface area contributed by atoms with Crippen molar-refractivity contribution in [2.24, 2.45) is 0 Å². The molecule has 0 saturated carbocycles. The maximum absolute atomic E-state index is 13.9. The van der Waals surface area contributed by atoms with Crippen molar-refractivity contribution in [3.63, 3.8) is 0 Å². The fourth-order valence-electron chi connectivity index (χ4n) is 2.03. The van der Waals surface area contributed by atoms with Gasteiger partial charge in [-0.3, -0.25) is 4.79 Å². The molecule has 0 aromatic heterocycles. The van der Waals surface area contributed by atoms with Gasteiger partial charge in [-0.1, -0.05) is 48.0 Å². The Hall–Kier alpha value is -2.16. The predicted octanol–water partition coefficient (Wildman–Crippen LogP) is 3.44. The van der Waals surface area contributed by atoms with Crippen molar-refractivity contribution in [1.82, 2.24) is 0 Å². The van der Waals surface area contributed by atoms with Crippen LogP contribution < -0.4 is 0 Å². The summed E-state index contributed by atoms with van der Waals surface area (Å²) in [5.41, 5.74) is 2.14. The van der Waals surface area contributed by atoms with Crippen LogP contribution in [0.2, 0.25) is 0 Å². The first-order chi connectivity index (χ1) is 9.13. The van der Waals surface area contributed by atoms with Gasteiger partial charge in [-0.05, 0) is 18.6 Å². The van der Waals surface area contributed by atoms with Crippen molar-refractivity contribution in [3.05, 3.63) is 71.0 Å². The molecule has 98 valence electrons. The van der Waals surface area contributed by atoms with Gasteiger partial charge in [0, 0.05) is 5.56 Å². The molecule has 0 bridgehead atoms. The third-order valence-electron chi connectivity index (χ3n) is 3.06. The number of carbonyl (C=O) groups is 1. The summed E-state index contributed by atoms with van der Waals surface area (Å²) in [5, 5.41) is 0. The molecule has 0 radical (unpaired) electrons. The van der Waals surface area contributed by atoms with Gasteiger partial charge in [0.2, 0.25) is 0 Å². The van der Waals surface area contributed by atoms with Crippen molar-refractivity contribution >= 4 is 5.97 Å². The minimum absolute atomic E-state index is 0.332. The second kappa shape index (κ2) is 5.65. The van der Waals surface area contributed by atoms with Gasteiger partial charge in [-0.2, -0.15) is 0 Å². The van der Waals surface area contributed by atoms with Crippen LogP contribution in [0.5, 0.6) is 0 Å².